The topological polar surface area (TPSA) is 84.5 Å². The van der Waals surface area contributed by atoms with Gasteiger partial charge in [0.05, 0.1) is 4.90 Å². The van der Waals surface area contributed by atoms with Gasteiger partial charge >= 0.3 is 0 Å². The number of ether oxygens (including phenoxy) is 1. The van der Waals surface area contributed by atoms with E-state index >= 15 is 0 Å². The monoisotopic (exact) mass is 362 g/mol. The van der Waals surface area contributed by atoms with E-state index in [1.807, 2.05) is 19.9 Å². The third-order valence-electron chi connectivity index (χ3n) is 3.82. The molecule has 0 aromatic heterocycles. The lowest BCUT2D eigenvalue weighted by Crippen LogP contribution is -2.33. The van der Waals surface area contributed by atoms with Crippen LogP contribution >= 0.6 is 0 Å². The number of hydrogen-bond donors (Lipinski definition) is 2. The molecule has 2 aromatic carbocycles. The summed E-state index contributed by atoms with van der Waals surface area (Å²) in [7, 11) is -2.17. The van der Waals surface area contributed by atoms with Crippen molar-refractivity contribution in [2.45, 2.75) is 31.8 Å². The zero-order valence-electron chi connectivity index (χ0n) is 14.7. The van der Waals surface area contributed by atoms with Crippen molar-refractivity contribution in [3.8, 4) is 5.75 Å². The maximum absolute atomic E-state index is 12.5. The highest BCUT2D eigenvalue weighted by atomic mass is 32.2. The number of amides is 1. The summed E-state index contributed by atoms with van der Waals surface area (Å²) in [5.41, 5.74) is 2.61. The first-order chi connectivity index (χ1) is 11.7. The van der Waals surface area contributed by atoms with Crippen LogP contribution < -0.4 is 14.8 Å². The lowest BCUT2D eigenvalue weighted by molar-refractivity contribution is -0.126. The Balaban J connectivity index is 2.14. The summed E-state index contributed by atoms with van der Waals surface area (Å²) in [6.07, 6.45) is -0.666. The average molecular weight is 362 g/mol. The molecule has 6 nitrogen and oxygen atoms in total. The van der Waals surface area contributed by atoms with Gasteiger partial charge in [0.2, 0.25) is 0 Å². The predicted octanol–water partition coefficient (Wildman–Crippen LogP) is 2.62. The van der Waals surface area contributed by atoms with Crippen LogP contribution in [0.15, 0.2) is 47.4 Å². The summed E-state index contributed by atoms with van der Waals surface area (Å²) in [6, 6.07) is 11.3. The zero-order chi connectivity index (χ0) is 18.6. The number of likely N-dealkylation sites (N-methyl/N-ethyl adjacent to an activating group) is 1. The van der Waals surface area contributed by atoms with Crippen molar-refractivity contribution in [2.75, 3.05) is 11.8 Å². The zero-order valence-corrected chi connectivity index (χ0v) is 15.5. The van der Waals surface area contributed by atoms with Crippen LogP contribution in [0.25, 0.3) is 0 Å². The Kier molecular flexibility index (Phi) is 5.69. The average Bonchev–Trinajstić information content (AvgIpc) is 2.57. The fourth-order valence-corrected chi connectivity index (χ4v) is 3.23. The van der Waals surface area contributed by atoms with Crippen LogP contribution in [0.1, 0.15) is 18.1 Å². The molecule has 1 atom stereocenters. The first-order valence-corrected chi connectivity index (χ1v) is 9.29. The second-order valence-electron chi connectivity index (χ2n) is 5.75. The fraction of sp³-hybridized carbons (Fsp3) is 0.278. The van der Waals surface area contributed by atoms with Crippen molar-refractivity contribution in [3.63, 3.8) is 0 Å². The van der Waals surface area contributed by atoms with Crippen molar-refractivity contribution in [2.24, 2.45) is 0 Å². The van der Waals surface area contributed by atoms with E-state index in [4.69, 9.17) is 4.74 Å². The summed E-state index contributed by atoms with van der Waals surface area (Å²) in [4.78, 5) is 11.6. The Morgan fingerprint density at radius 1 is 1.04 bits per heavy atom. The SMILES string of the molecule is CNC(=O)[C@H](C)Oc1ccc(S(=O)(=O)Nc2ccc(C)c(C)c2)cc1. The molecule has 0 aliphatic rings. The molecular weight excluding hydrogens is 340 g/mol. The molecule has 2 aromatic rings. The first kappa shape index (κ1) is 18.8. The van der Waals surface area contributed by atoms with Gasteiger partial charge in [-0.3, -0.25) is 9.52 Å². The molecule has 0 fully saturated rings. The number of nitrogens with one attached hydrogen (secondary N) is 2. The molecular formula is C18H22N2O4S. The van der Waals surface area contributed by atoms with Crippen LogP contribution in [0, 0.1) is 13.8 Å². The Morgan fingerprint density at radius 3 is 2.24 bits per heavy atom. The predicted molar refractivity (Wildman–Crippen MR) is 97.3 cm³/mol. The molecule has 0 radical (unpaired) electrons. The Labute approximate surface area is 148 Å². The molecule has 0 spiro atoms. The van der Waals surface area contributed by atoms with Gasteiger partial charge in [0, 0.05) is 12.7 Å². The van der Waals surface area contributed by atoms with Gasteiger partial charge in [-0.1, -0.05) is 6.07 Å². The highest BCUT2D eigenvalue weighted by Gasteiger charge is 2.16. The smallest absolute Gasteiger partial charge is 0.261 e. The Morgan fingerprint density at radius 2 is 1.68 bits per heavy atom. The van der Waals surface area contributed by atoms with Gasteiger partial charge in [0.25, 0.3) is 15.9 Å². The largest absolute Gasteiger partial charge is 0.481 e. The van der Waals surface area contributed by atoms with Crippen LogP contribution in [-0.2, 0) is 14.8 Å². The number of carbonyl (C=O) groups is 1. The number of aryl methyl sites for hydroxylation is 2. The van der Waals surface area contributed by atoms with Gasteiger partial charge in [0.1, 0.15) is 5.75 Å². The van der Waals surface area contributed by atoms with E-state index in [-0.39, 0.29) is 10.8 Å². The molecule has 2 rings (SSSR count). The summed E-state index contributed by atoms with van der Waals surface area (Å²) in [6.45, 7) is 5.50. The van der Waals surface area contributed by atoms with E-state index in [9.17, 15) is 13.2 Å². The standard InChI is InChI=1S/C18H22N2O4S/c1-12-5-6-15(11-13(12)2)20-25(22,23)17-9-7-16(8-10-17)24-14(3)18(21)19-4/h5-11,14,20H,1-4H3,(H,19,21)/t14-/m0/s1. The second-order valence-corrected chi connectivity index (χ2v) is 7.43. The maximum Gasteiger partial charge on any atom is 0.261 e. The third-order valence-corrected chi connectivity index (χ3v) is 5.22. The molecule has 0 aliphatic carbocycles. The number of benzene rings is 2. The summed E-state index contributed by atoms with van der Waals surface area (Å²) in [5, 5.41) is 2.49. The molecule has 134 valence electrons. The molecule has 1 amide bonds. The molecule has 0 saturated carbocycles. The first-order valence-electron chi connectivity index (χ1n) is 7.81. The van der Waals surface area contributed by atoms with Gasteiger partial charge in [-0.25, -0.2) is 8.42 Å². The number of hydrogen-bond acceptors (Lipinski definition) is 4. The lowest BCUT2D eigenvalue weighted by Gasteiger charge is -2.14. The van der Waals surface area contributed by atoms with Crippen molar-refractivity contribution in [3.05, 3.63) is 53.6 Å². The Hall–Kier alpha value is -2.54. The van der Waals surface area contributed by atoms with Crippen LogP contribution in [-0.4, -0.2) is 27.5 Å². The van der Waals surface area contributed by atoms with Gasteiger partial charge < -0.3 is 10.1 Å². The lowest BCUT2D eigenvalue weighted by atomic mass is 10.1. The van der Waals surface area contributed by atoms with E-state index in [0.717, 1.165) is 11.1 Å². The summed E-state index contributed by atoms with van der Waals surface area (Å²) in [5.74, 6) is 0.161. The van der Waals surface area contributed by atoms with Crippen molar-refractivity contribution >= 4 is 21.6 Å². The molecule has 0 aliphatic heterocycles. The Bertz CT molecular complexity index is 861. The van der Waals surface area contributed by atoms with Crippen LogP contribution in [0.2, 0.25) is 0 Å². The van der Waals surface area contributed by atoms with Crippen molar-refractivity contribution < 1.29 is 17.9 Å². The van der Waals surface area contributed by atoms with Crippen LogP contribution in [0.5, 0.6) is 5.75 Å². The quantitative estimate of drug-likeness (QED) is 0.827. The van der Waals surface area contributed by atoms with E-state index in [2.05, 4.69) is 10.0 Å². The summed E-state index contributed by atoms with van der Waals surface area (Å²) < 4.78 is 33.0. The highest BCUT2D eigenvalue weighted by molar-refractivity contribution is 7.92. The van der Waals surface area contributed by atoms with E-state index in [0.29, 0.717) is 11.4 Å². The van der Waals surface area contributed by atoms with Gasteiger partial charge in [-0.05, 0) is 68.3 Å². The molecule has 0 unspecified atom stereocenters. The van der Waals surface area contributed by atoms with Crippen molar-refractivity contribution in [1.82, 2.24) is 5.32 Å². The van der Waals surface area contributed by atoms with E-state index in [1.54, 1.807) is 19.1 Å². The van der Waals surface area contributed by atoms with Crippen LogP contribution in [0.4, 0.5) is 5.69 Å². The third kappa shape index (κ3) is 4.73. The minimum Gasteiger partial charge on any atom is -0.481 e. The van der Waals surface area contributed by atoms with Gasteiger partial charge in [-0.15, -0.1) is 0 Å². The van der Waals surface area contributed by atoms with E-state index in [1.165, 1.54) is 31.3 Å². The maximum atomic E-state index is 12.5. The van der Waals surface area contributed by atoms with Gasteiger partial charge in [0.15, 0.2) is 6.10 Å². The minimum absolute atomic E-state index is 0.116. The molecule has 0 heterocycles. The number of sulfonamides is 1. The normalized spacial score (nSPS) is 12.3. The van der Waals surface area contributed by atoms with Gasteiger partial charge in [-0.2, -0.15) is 0 Å². The molecule has 7 heteroatoms. The summed E-state index contributed by atoms with van der Waals surface area (Å²) >= 11 is 0. The number of rotatable bonds is 6. The number of anilines is 1. The highest BCUT2D eigenvalue weighted by Crippen LogP contribution is 2.21. The minimum atomic E-state index is -3.69. The second kappa shape index (κ2) is 7.57. The van der Waals surface area contributed by atoms with Crippen molar-refractivity contribution in [1.29, 1.82) is 0 Å². The molecule has 2 N–H and O–H groups in total. The molecule has 25 heavy (non-hydrogen) atoms. The fourth-order valence-electron chi connectivity index (χ4n) is 2.18. The molecule has 0 saturated heterocycles. The van der Waals surface area contributed by atoms with Crippen LogP contribution in [0.3, 0.4) is 0 Å². The molecule has 0 bridgehead atoms. The van der Waals surface area contributed by atoms with E-state index < -0.39 is 16.1 Å². The number of carbonyl (C=O) groups excluding carboxylic acids is 1.